The monoisotopic (exact) mass is 353 g/mol. The molecule has 1 amide bonds. The van der Waals surface area contributed by atoms with Crippen molar-refractivity contribution in [1.29, 1.82) is 0 Å². The summed E-state index contributed by atoms with van der Waals surface area (Å²) in [6, 6.07) is 21.3. The molecule has 1 atom stereocenters. The fraction of sp³-hybridized carbons (Fsp3) is 0.190. The molecule has 0 unspecified atom stereocenters. The number of ether oxygens (including phenoxy) is 1. The van der Waals surface area contributed by atoms with Crippen molar-refractivity contribution in [1.82, 2.24) is 5.32 Å². The first-order valence-electron chi connectivity index (χ1n) is 8.34. The first-order valence-corrected chi connectivity index (χ1v) is 8.72. The molecule has 0 aliphatic rings. The first kappa shape index (κ1) is 17.3. The molecule has 128 valence electrons. The van der Waals surface area contributed by atoms with E-state index in [0.29, 0.717) is 18.0 Å². The Hall–Kier alpha value is -2.52. The minimum Gasteiger partial charge on any atom is -0.480 e. The summed E-state index contributed by atoms with van der Waals surface area (Å²) in [5, 5.41) is 5.65. The minimum atomic E-state index is -0.548. The molecule has 25 heavy (non-hydrogen) atoms. The third kappa shape index (κ3) is 4.12. The molecule has 0 heterocycles. The molecule has 0 saturated heterocycles. The van der Waals surface area contributed by atoms with Gasteiger partial charge in [0, 0.05) is 17.0 Å². The number of hydrogen-bond donors (Lipinski definition) is 1. The van der Waals surface area contributed by atoms with Crippen LogP contribution in [-0.4, -0.2) is 12.0 Å². The number of hydrogen-bond acceptors (Lipinski definition) is 2. The molecule has 3 nitrogen and oxygen atoms in total. The molecule has 3 rings (SSSR count). The molecule has 0 radical (unpaired) electrons. The summed E-state index contributed by atoms with van der Waals surface area (Å²) in [4.78, 5) is 12.5. The van der Waals surface area contributed by atoms with E-state index < -0.39 is 6.10 Å². The lowest BCUT2D eigenvalue weighted by Crippen LogP contribution is -2.37. The molecule has 3 aromatic carbocycles. The van der Waals surface area contributed by atoms with Crippen molar-refractivity contribution in [3.05, 3.63) is 77.3 Å². The van der Waals surface area contributed by atoms with Gasteiger partial charge in [0.15, 0.2) is 6.10 Å². The van der Waals surface area contributed by atoms with Crippen LogP contribution in [0, 0.1) is 0 Å². The van der Waals surface area contributed by atoms with Crippen LogP contribution >= 0.6 is 11.6 Å². The average molecular weight is 354 g/mol. The average Bonchev–Trinajstić information content (AvgIpc) is 2.65. The van der Waals surface area contributed by atoms with E-state index in [9.17, 15) is 4.79 Å². The van der Waals surface area contributed by atoms with E-state index in [4.69, 9.17) is 16.3 Å². The van der Waals surface area contributed by atoms with Crippen molar-refractivity contribution >= 4 is 28.3 Å². The summed E-state index contributed by atoms with van der Waals surface area (Å²) in [7, 11) is 0. The van der Waals surface area contributed by atoms with Gasteiger partial charge in [0.25, 0.3) is 5.91 Å². The lowest BCUT2D eigenvalue weighted by Gasteiger charge is -2.18. The second kappa shape index (κ2) is 8.04. The van der Waals surface area contributed by atoms with Gasteiger partial charge >= 0.3 is 0 Å². The first-order chi connectivity index (χ1) is 12.2. The molecule has 1 N–H and O–H groups in total. The van der Waals surface area contributed by atoms with Crippen LogP contribution < -0.4 is 10.1 Å². The van der Waals surface area contributed by atoms with E-state index in [1.165, 1.54) is 0 Å². The van der Waals surface area contributed by atoms with Crippen LogP contribution in [0.4, 0.5) is 0 Å². The van der Waals surface area contributed by atoms with Crippen molar-refractivity contribution in [2.45, 2.75) is 26.0 Å². The van der Waals surface area contributed by atoms with E-state index in [-0.39, 0.29) is 5.91 Å². The highest BCUT2D eigenvalue weighted by molar-refractivity contribution is 6.31. The Bertz CT molecular complexity index is 873. The predicted octanol–water partition coefficient (Wildman–Crippen LogP) is 4.97. The fourth-order valence-electron chi connectivity index (χ4n) is 2.71. The number of halogens is 1. The predicted molar refractivity (Wildman–Crippen MR) is 102 cm³/mol. The van der Waals surface area contributed by atoms with Gasteiger partial charge in [0.1, 0.15) is 5.75 Å². The van der Waals surface area contributed by atoms with Gasteiger partial charge in [-0.05, 0) is 29.5 Å². The van der Waals surface area contributed by atoms with Gasteiger partial charge in [0.2, 0.25) is 0 Å². The van der Waals surface area contributed by atoms with Crippen LogP contribution in [0.2, 0.25) is 5.02 Å². The molecule has 0 aliphatic heterocycles. The summed E-state index contributed by atoms with van der Waals surface area (Å²) in [6.45, 7) is 2.32. The quantitative estimate of drug-likeness (QED) is 0.679. The molecule has 0 saturated carbocycles. The second-order valence-corrected chi connectivity index (χ2v) is 6.21. The van der Waals surface area contributed by atoms with Gasteiger partial charge in [-0.3, -0.25) is 4.79 Å². The van der Waals surface area contributed by atoms with Crippen molar-refractivity contribution in [3.63, 3.8) is 0 Å². The number of fused-ring (bicyclic) bond motifs is 1. The third-order valence-corrected chi connectivity index (χ3v) is 4.46. The Labute approximate surface area is 152 Å². The highest BCUT2D eigenvalue weighted by atomic mass is 35.5. The second-order valence-electron chi connectivity index (χ2n) is 5.80. The van der Waals surface area contributed by atoms with Crippen molar-refractivity contribution in [2.75, 3.05) is 0 Å². The zero-order chi connectivity index (χ0) is 17.6. The number of carbonyl (C=O) groups is 1. The standard InChI is InChI=1S/C21H20ClNO2/c1-2-19(21(24)23-14-16-9-4-6-12-18(16)22)25-20-13-7-10-15-8-3-5-11-17(15)20/h3-13,19H,2,14H2,1H3,(H,23,24)/t19-/m0/s1. The summed E-state index contributed by atoms with van der Waals surface area (Å²) < 4.78 is 6.01. The highest BCUT2D eigenvalue weighted by Gasteiger charge is 2.19. The molecular formula is C21H20ClNO2. The normalized spacial score (nSPS) is 11.9. The Kier molecular flexibility index (Phi) is 5.56. The summed E-state index contributed by atoms with van der Waals surface area (Å²) in [5.41, 5.74) is 0.887. The van der Waals surface area contributed by atoms with Gasteiger partial charge in [-0.15, -0.1) is 0 Å². The maximum atomic E-state index is 12.5. The highest BCUT2D eigenvalue weighted by Crippen LogP contribution is 2.26. The van der Waals surface area contributed by atoms with Crippen LogP contribution in [0.15, 0.2) is 66.7 Å². The molecule has 0 spiro atoms. The van der Waals surface area contributed by atoms with Gasteiger partial charge in [-0.2, -0.15) is 0 Å². The zero-order valence-corrected chi connectivity index (χ0v) is 14.8. The van der Waals surface area contributed by atoms with Crippen LogP contribution in [0.5, 0.6) is 5.75 Å². The summed E-state index contributed by atoms with van der Waals surface area (Å²) in [6.07, 6.45) is 0.0331. The Morgan fingerprint density at radius 1 is 1.04 bits per heavy atom. The van der Waals surface area contributed by atoms with Gasteiger partial charge < -0.3 is 10.1 Å². The number of benzene rings is 3. The number of carbonyl (C=O) groups excluding carboxylic acids is 1. The third-order valence-electron chi connectivity index (χ3n) is 4.09. The molecule has 0 aromatic heterocycles. The van der Waals surface area contributed by atoms with E-state index in [1.807, 2.05) is 73.7 Å². The SMILES string of the molecule is CC[C@H](Oc1cccc2ccccc12)C(=O)NCc1ccccc1Cl. The number of amides is 1. The van der Waals surface area contributed by atoms with Gasteiger partial charge in [0.05, 0.1) is 0 Å². The zero-order valence-electron chi connectivity index (χ0n) is 14.0. The topological polar surface area (TPSA) is 38.3 Å². The van der Waals surface area contributed by atoms with Crippen LogP contribution in [0.1, 0.15) is 18.9 Å². The van der Waals surface area contributed by atoms with Gasteiger partial charge in [-0.25, -0.2) is 0 Å². The summed E-state index contributed by atoms with van der Waals surface area (Å²) >= 11 is 6.13. The summed E-state index contributed by atoms with van der Waals surface area (Å²) in [5.74, 6) is 0.577. The van der Waals surface area contributed by atoms with E-state index in [2.05, 4.69) is 5.32 Å². The fourth-order valence-corrected chi connectivity index (χ4v) is 2.91. The number of rotatable bonds is 6. The lowest BCUT2D eigenvalue weighted by molar-refractivity contribution is -0.128. The maximum Gasteiger partial charge on any atom is 0.261 e. The van der Waals surface area contributed by atoms with Crippen molar-refractivity contribution in [3.8, 4) is 5.75 Å². The Morgan fingerprint density at radius 2 is 1.76 bits per heavy atom. The largest absolute Gasteiger partial charge is 0.480 e. The van der Waals surface area contributed by atoms with Crippen molar-refractivity contribution in [2.24, 2.45) is 0 Å². The molecular weight excluding hydrogens is 334 g/mol. The molecule has 3 aromatic rings. The molecule has 4 heteroatoms. The number of nitrogens with one attached hydrogen (secondary N) is 1. The molecule has 0 fully saturated rings. The van der Waals surface area contributed by atoms with Gasteiger partial charge in [-0.1, -0.05) is 73.1 Å². The maximum absolute atomic E-state index is 12.5. The van der Waals surface area contributed by atoms with E-state index in [0.717, 1.165) is 22.1 Å². The smallest absolute Gasteiger partial charge is 0.261 e. The Balaban J connectivity index is 1.71. The van der Waals surface area contributed by atoms with Crippen molar-refractivity contribution < 1.29 is 9.53 Å². The lowest BCUT2D eigenvalue weighted by atomic mass is 10.1. The van der Waals surface area contributed by atoms with Crippen LogP contribution in [-0.2, 0) is 11.3 Å². The van der Waals surface area contributed by atoms with Crippen LogP contribution in [0.25, 0.3) is 10.8 Å². The Morgan fingerprint density at radius 3 is 2.56 bits per heavy atom. The minimum absolute atomic E-state index is 0.143. The van der Waals surface area contributed by atoms with E-state index in [1.54, 1.807) is 0 Å². The molecule has 0 bridgehead atoms. The van der Waals surface area contributed by atoms with E-state index >= 15 is 0 Å². The molecule has 0 aliphatic carbocycles. The van der Waals surface area contributed by atoms with Crippen LogP contribution in [0.3, 0.4) is 0 Å².